The summed E-state index contributed by atoms with van der Waals surface area (Å²) in [6.45, 7) is 0.179. The van der Waals surface area contributed by atoms with Crippen molar-refractivity contribution < 1.29 is 14.0 Å². The predicted octanol–water partition coefficient (Wildman–Crippen LogP) is 3.29. The van der Waals surface area contributed by atoms with E-state index in [9.17, 15) is 14.0 Å². The fraction of sp³-hybridized carbons (Fsp3) is 0.190. The van der Waals surface area contributed by atoms with Crippen LogP contribution in [0.4, 0.5) is 10.2 Å². The fourth-order valence-corrected chi connectivity index (χ4v) is 2.84. The summed E-state index contributed by atoms with van der Waals surface area (Å²) in [7, 11) is 0. The minimum atomic E-state index is -0.402. The zero-order valence-corrected chi connectivity index (χ0v) is 15.1. The van der Waals surface area contributed by atoms with E-state index in [1.807, 2.05) is 30.3 Å². The summed E-state index contributed by atoms with van der Waals surface area (Å²) in [6, 6.07) is 16.9. The SMILES string of the molecule is O=C(NCc1cccc(F)c1)c1cc(NC(=O)C2CC2)n(-c2ccccc2)n1. The molecule has 2 amide bonds. The van der Waals surface area contributed by atoms with Crippen LogP contribution in [-0.4, -0.2) is 21.6 Å². The first-order chi connectivity index (χ1) is 13.6. The van der Waals surface area contributed by atoms with Crippen LogP contribution in [0.1, 0.15) is 28.9 Å². The highest BCUT2D eigenvalue weighted by molar-refractivity contribution is 5.97. The van der Waals surface area contributed by atoms with Gasteiger partial charge in [0, 0.05) is 18.5 Å². The van der Waals surface area contributed by atoms with Crippen LogP contribution in [0.25, 0.3) is 5.69 Å². The van der Waals surface area contributed by atoms with E-state index in [2.05, 4.69) is 15.7 Å². The minimum Gasteiger partial charge on any atom is -0.347 e. The number of carbonyl (C=O) groups is 2. The molecule has 1 aromatic heterocycles. The standard InChI is InChI=1S/C21H19FN4O2/c22-16-6-4-5-14(11-16)13-23-21(28)18-12-19(24-20(27)15-9-10-15)26(25-18)17-7-2-1-3-8-17/h1-8,11-12,15H,9-10,13H2,(H,23,28)(H,24,27). The van der Waals surface area contributed by atoms with Crippen LogP contribution in [-0.2, 0) is 11.3 Å². The van der Waals surface area contributed by atoms with E-state index in [0.717, 1.165) is 18.5 Å². The van der Waals surface area contributed by atoms with Gasteiger partial charge in [-0.25, -0.2) is 9.07 Å². The molecule has 3 aromatic rings. The van der Waals surface area contributed by atoms with Crippen LogP contribution in [0, 0.1) is 11.7 Å². The van der Waals surface area contributed by atoms with E-state index in [1.165, 1.54) is 16.8 Å². The van der Waals surface area contributed by atoms with Crippen molar-refractivity contribution in [3.05, 3.63) is 77.7 Å². The average Bonchev–Trinajstić information content (AvgIpc) is 3.48. The fourth-order valence-electron chi connectivity index (χ4n) is 2.84. The molecule has 1 aliphatic carbocycles. The Morgan fingerprint density at radius 2 is 1.86 bits per heavy atom. The lowest BCUT2D eigenvalue weighted by atomic mass is 10.2. The number of aromatic nitrogens is 2. The summed E-state index contributed by atoms with van der Waals surface area (Å²) in [5.41, 5.74) is 1.56. The molecule has 7 heteroatoms. The van der Waals surface area contributed by atoms with Crippen molar-refractivity contribution in [2.75, 3.05) is 5.32 Å². The Morgan fingerprint density at radius 3 is 2.57 bits per heavy atom. The number of anilines is 1. The second kappa shape index (κ2) is 7.64. The highest BCUT2D eigenvalue weighted by Gasteiger charge is 2.30. The largest absolute Gasteiger partial charge is 0.347 e. The van der Waals surface area contributed by atoms with Gasteiger partial charge in [-0.3, -0.25) is 9.59 Å². The van der Waals surface area contributed by atoms with Crippen molar-refractivity contribution >= 4 is 17.6 Å². The van der Waals surface area contributed by atoms with Crippen molar-refractivity contribution in [1.29, 1.82) is 0 Å². The summed E-state index contributed by atoms with van der Waals surface area (Å²) in [5, 5.41) is 9.95. The Bertz CT molecular complexity index is 1010. The molecule has 0 aliphatic heterocycles. The molecule has 0 unspecified atom stereocenters. The Hall–Kier alpha value is -3.48. The molecule has 4 rings (SSSR count). The summed E-state index contributed by atoms with van der Waals surface area (Å²) in [4.78, 5) is 24.7. The van der Waals surface area contributed by atoms with Crippen molar-refractivity contribution in [1.82, 2.24) is 15.1 Å². The molecular formula is C21H19FN4O2. The number of amides is 2. The van der Waals surface area contributed by atoms with Gasteiger partial charge >= 0.3 is 0 Å². The van der Waals surface area contributed by atoms with Crippen LogP contribution in [0.15, 0.2) is 60.7 Å². The van der Waals surface area contributed by atoms with Gasteiger partial charge in [-0.15, -0.1) is 0 Å². The number of halogens is 1. The lowest BCUT2D eigenvalue weighted by Crippen LogP contribution is -2.23. The van der Waals surface area contributed by atoms with E-state index < -0.39 is 5.91 Å². The third-order valence-corrected chi connectivity index (χ3v) is 4.48. The quantitative estimate of drug-likeness (QED) is 0.691. The number of benzene rings is 2. The number of nitrogens with zero attached hydrogens (tertiary/aromatic N) is 2. The molecule has 2 N–H and O–H groups in total. The minimum absolute atomic E-state index is 0.0318. The average molecular weight is 378 g/mol. The first-order valence-electron chi connectivity index (χ1n) is 9.09. The van der Waals surface area contributed by atoms with Crippen molar-refractivity contribution in [2.45, 2.75) is 19.4 Å². The van der Waals surface area contributed by atoms with Crippen molar-refractivity contribution in [3.8, 4) is 5.69 Å². The van der Waals surface area contributed by atoms with Gasteiger partial charge in [-0.2, -0.15) is 5.10 Å². The van der Waals surface area contributed by atoms with Crippen LogP contribution in [0.2, 0.25) is 0 Å². The van der Waals surface area contributed by atoms with Crippen LogP contribution < -0.4 is 10.6 Å². The zero-order valence-electron chi connectivity index (χ0n) is 15.1. The first-order valence-corrected chi connectivity index (χ1v) is 9.09. The number of hydrogen-bond donors (Lipinski definition) is 2. The third kappa shape index (κ3) is 4.09. The van der Waals surface area contributed by atoms with E-state index in [4.69, 9.17) is 0 Å². The predicted molar refractivity (Wildman–Crippen MR) is 102 cm³/mol. The van der Waals surface area contributed by atoms with Crippen LogP contribution in [0.5, 0.6) is 0 Å². The maximum Gasteiger partial charge on any atom is 0.272 e. The van der Waals surface area contributed by atoms with Gasteiger partial charge in [-0.05, 0) is 42.7 Å². The van der Waals surface area contributed by atoms with E-state index in [0.29, 0.717) is 11.4 Å². The summed E-state index contributed by atoms with van der Waals surface area (Å²) >= 11 is 0. The molecular weight excluding hydrogens is 359 g/mol. The lowest BCUT2D eigenvalue weighted by molar-refractivity contribution is -0.117. The first kappa shape index (κ1) is 17.9. The number of rotatable bonds is 6. The topological polar surface area (TPSA) is 76.0 Å². The highest BCUT2D eigenvalue weighted by Crippen LogP contribution is 2.30. The Kier molecular flexibility index (Phi) is 4.89. The molecule has 0 bridgehead atoms. The molecule has 0 radical (unpaired) electrons. The third-order valence-electron chi connectivity index (χ3n) is 4.48. The molecule has 0 saturated heterocycles. The van der Waals surface area contributed by atoms with Gasteiger partial charge in [0.1, 0.15) is 11.6 Å². The Balaban J connectivity index is 1.55. The summed E-state index contributed by atoms with van der Waals surface area (Å²) in [5.74, 6) is -0.349. The molecule has 6 nitrogen and oxygen atoms in total. The summed E-state index contributed by atoms with van der Waals surface area (Å²) < 4.78 is 14.8. The second-order valence-electron chi connectivity index (χ2n) is 6.74. The molecule has 28 heavy (non-hydrogen) atoms. The number of carbonyl (C=O) groups excluding carboxylic acids is 2. The van der Waals surface area contributed by atoms with E-state index >= 15 is 0 Å². The van der Waals surface area contributed by atoms with Gasteiger partial charge in [0.15, 0.2) is 5.69 Å². The normalized spacial score (nSPS) is 13.2. The van der Waals surface area contributed by atoms with Gasteiger partial charge in [-0.1, -0.05) is 30.3 Å². The lowest BCUT2D eigenvalue weighted by Gasteiger charge is -2.08. The van der Waals surface area contributed by atoms with Gasteiger partial charge in [0.05, 0.1) is 5.69 Å². The van der Waals surface area contributed by atoms with Gasteiger partial charge in [0.2, 0.25) is 5.91 Å². The molecule has 1 fully saturated rings. The van der Waals surface area contributed by atoms with Gasteiger partial charge < -0.3 is 10.6 Å². The molecule has 1 heterocycles. The molecule has 142 valence electrons. The Labute approximate surface area is 161 Å². The maximum atomic E-state index is 13.3. The van der Waals surface area contributed by atoms with Crippen molar-refractivity contribution in [2.24, 2.45) is 5.92 Å². The summed E-state index contributed by atoms with van der Waals surface area (Å²) in [6.07, 6.45) is 1.76. The number of hydrogen-bond acceptors (Lipinski definition) is 3. The van der Waals surface area contributed by atoms with Gasteiger partial charge in [0.25, 0.3) is 5.91 Å². The second-order valence-corrected chi connectivity index (χ2v) is 6.74. The monoisotopic (exact) mass is 378 g/mol. The molecule has 0 spiro atoms. The van der Waals surface area contributed by atoms with Crippen LogP contribution in [0.3, 0.4) is 0 Å². The molecule has 2 aromatic carbocycles. The van der Waals surface area contributed by atoms with Crippen molar-refractivity contribution in [3.63, 3.8) is 0 Å². The Morgan fingerprint density at radius 1 is 1.07 bits per heavy atom. The molecule has 1 aliphatic rings. The number of para-hydroxylation sites is 1. The van der Waals surface area contributed by atoms with Crippen LogP contribution >= 0.6 is 0 Å². The smallest absolute Gasteiger partial charge is 0.272 e. The maximum absolute atomic E-state index is 13.3. The van der Waals surface area contributed by atoms with E-state index in [1.54, 1.807) is 18.2 Å². The number of nitrogens with one attached hydrogen (secondary N) is 2. The van der Waals surface area contributed by atoms with E-state index in [-0.39, 0.29) is 29.9 Å². The molecule has 1 saturated carbocycles. The molecule has 0 atom stereocenters. The zero-order chi connectivity index (χ0) is 19.5. The highest BCUT2D eigenvalue weighted by atomic mass is 19.1.